The summed E-state index contributed by atoms with van der Waals surface area (Å²) in [4.78, 5) is 20.5. The first kappa shape index (κ1) is 15.6. The SMILES string of the molecule is COc1ccc(CNC(=O)N2CCN(C(C)C)CC2)cn1. The lowest BCUT2D eigenvalue weighted by Gasteiger charge is -2.36. The third kappa shape index (κ3) is 4.32. The minimum atomic E-state index is -0.00535. The summed E-state index contributed by atoms with van der Waals surface area (Å²) in [6.07, 6.45) is 1.72. The highest BCUT2D eigenvalue weighted by molar-refractivity contribution is 5.74. The van der Waals surface area contributed by atoms with Crippen LogP contribution in [0.1, 0.15) is 19.4 Å². The smallest absolute Gasteiger partial charge is 0.317 e. The molecule has 0 spiro atoms. The highest BCUT2D eigenvalue weighted by Gasteiger charge is 2.21. The minimum Gasteiger partial charge on any atom is -0.481 e. The van der Waals surface area contributed by atoms with Crippen molar-refractivity contribution in [3.63, 3.8) is 0 Å². The predicted molar refractivity (Wildman–Crippen MR) is 81.3 cm³/mol. The van der Waals surface area contributed by atoms with E-state index in [0.717, 1.165) is 31.7 Å². The summed E-state index contributed by atoms with van der Waals surface area (Å²) in [5.41, 5.74) is 0.963. The number of urea groups is 1. The Morgan fingerprint density at radius 1 is 1.33 bits per heavy atom. The molecule has 2 amide bonds. The Hall–Kier alpha value is -1.82. The van der Waals surface area contributed by atoms with Crippen LogP contribution in [0.4, 0.5) is 4.79 Å². The number of carbonyl (C=O) groups excluding carboxylic acids is 1. The van der Waals surface area contributed by atoms with Gasteiger partial charge in [0.2, 0.25) is 5.88 Å². The zero-order chi connectivity index (χ0) is 15.2. The number of nitrogens with one attached hydrogen (secondary N) is 1. The molecule has 2 rings (SSSR count). The number of pyridine rings is 1. The molecular formula is C15H24N4O2. The molecule has 0 bridgehead atoms. The topological polar surface area (TPSA) is 57.7 Å². The summed E-state index contributed by atoms with van der Waals surface area (Å²) in [6.45, 7) is 8.30. The number of rotatable bonds is 4. The fourth-order valence-electron chi connectivity index (χ4n) is 2.37. The molecule has 1 N–H and O–H groups in total. The molecule has 0 unspecified atom stereocenters. The van der Waals surface area contributed by atoms with Crippen LogP contribution in [-0.2, 0) is 6.54 Å². The maximum atomic E-state index is 12.1. The molecule has 0 atom stereocenters. The van der Waals surface area contributed by atoms with E-state index in [2.05, 4.69) is 29.0 Å². The van der Waals surface area contributed by atoms with E-state index in [9.17, 15) is 4.79 Å². The Labute approximate surface area is 126 Å². The van der Waals surface area contributed by atoms with Crippen LogP contribution < -0.4 is 10.1 Å². The fourth-order valence-corrected chi connectivity index (χ4v) is 2.37. The van der Waals surface area contributed by atoms with Crippen LogP contribution in [0.2, 0.25) is 0 Å². The molecule has 0 aromatic carbocycles. The van der Waals surface area contributed by atoms with Crippen molar-refractivity contribution in [1.82, 2.24) is 20.1 Å². The van der Waals surface area contributed by atoms with E-state index in [4.69, 9.17) is 4.74 Å². The number of hydrogen-bond acceptors (Lipinski definition) is 4. The second-order valence-corrected chi connectivity index (χ2v) is 5.48. The Kier molecular flexibility index (Phi) is 5.38. The molecule has 1 aliphatic rings. The Bertz CT molecular complexity index is 453. The van der Waals surface area contributed by atoms with E-state index in [1.165, 1.54) is 0 Å². The zero-order valence-corrected chi connectivity index (χ0v) is 13.0. The van der Waals surface area contributed by atoms with Gasteiger partial charge in [-0.1, -0.05) is 6.07 Å². The van der Waals surface area contributed by atoms with Gasteiger partial charge in [-0.2, -0.15) is 0 Å². The molecule has 0 radical (unpaired) electrons. The Morgan fingerprint density at radius 2 is 2.05 bits per heavy atom. The van der Waals surface area contributed by atoms with Crippen LogP contribution in [0, 0.1) is 0 Å². The average Bonchev–Trinajstić information content (AvgIpc) is 2.53. The number of methoxy groups -OCH3 is 1. The first-order valence-corrected chi connectivity index (χ1v) is 7.36. The molecule has 1 aromatic heterocycles. The van der Waals surface area contributed by atoms with Crippen molar-refractivity contribution in [2.45, 2.75) is 26.4 Å². The van der Waals surface area contributed by atoms with Crippen LogP contribution in [-0.4, -0.2) is 60.1 Å². The molecule has 2 heterocycles. The number of amides is 2. The largest absolute Gasteiger partial charge is 0.481 e. The number of nitrogens with zero attached hydrogens (tertiary/aromatic N) is 3. The third-order valence-electron chi connectivity index (χ3n) is 3.78. The van der Waals surface area contributed by atoms with Gasteiger partial charge in [-0.25, -0.2) is 9.78 Å². The van der Waals surface area contributed by atoms with Gasteiger partial charge < -0.3 is 15.0 Å². The summed E-state index contributed by atoms with van der Waals surface area (Å²) < 4.78 is 5.01. The van der Waals surface area contributed by atoms with E-state index < -0.39 is 0 Å². The van der Waals surface area contributed by atoms with Gasteiger partial charge in [-0.05, 0) is 19.4 Å². The van der Waals surface area contributed by atoms with Gasteiger partial charge >= 0.3 is 6.03 Å². The van der Waals surface area contributed by atoms with Crippen LogP contribution in [0.15, 0.2) is 18.3 Å². The highest BCUT2D eigenvalue weighted by Crippen LogP contribution is 2.08. The number of hydrogen-bond donors (Lipinski definition) is 1. The highest BCUT2D eigenvalue weighted by atomic mass is 16.5. The average molecular weight is 292 g/mol. The van der Waals surface area contributed by atoms with E-state index in [1.54, 1.807) is 19.4 Å². The monoisotopic (exact) mass is 292 g/mol. The van der Waals surface area contributed by atoms with Crippen molar-refractivity contribution in [3.8, 4) is 5.88 Å². The number of ether oxygens (including phenoxy) is 1. The number of carbonyl (C=O) groups is 1. The molecule has 1 aliphatic heterocycles. The van der Waals surface area contributed by atoms with Crippen molar-refractivity contribution in [2.24, 2.45) is 0 Å². The summed E-state index contributed by atoms with van der Waals surface area (Å²) in [5.74, 6) is 0.579. The number of aromatic nitrogens is 1. The molecule has 1 aromatic rings. The molecule has 0 aliphatic carbocycles. The molecular weight excluding hydrogens is 268 g/mol. The molecule has 6 nitrogen and oxygen atoms in total. The second kappa shape index (κ2) is 7.26. The Balaban J connectivity index is 1.77. The van der Waals surface area contributed by atoms with Crippen LogP contribution >= 0.6 is 0 Å². The normalized spacial score (nSPS) is 16.1. The summed E-state index contributed by atoms with van der Waals surface area (Å²) >= 11 is 0. The lowest BCUT2D eigenvalue weighted by Crippen LogP contribution is -2.53. The first-order valence-electron chi connectivity index (χ1n) is 7.36. The number of piperazine rings is 1. The van der Waals surface area contributed by atoms with Crippen molar-refractivity contribution in [1.29, 1.82) is 0 Å². The molecule has 6 heteroatoms. The van der Waals surface area contributed by atoms with Gasteiger partial charge in [-0.15, -0.1) is 0 Å². The molecule has 21 heavy (non-hydrogen) atoms. The lowest BCUT2D eigenvalue weighted by atomic mass is 10.2. The van der Waals surface area contributed by atoms with E-state index in [-0.39, 0.29) is 6.03 Å². The van der Waals surface area contributed by atoms with Gasteiger partial charge in [-0.3, -0.25) is 4.90 Å². The molecule has 0 saturated carbocycles. The third-order valence-corrected chi connectivity index (χ3v) is 3.78. The zero-order valence-electron chi connectivity index (χ0n) is 13.0. The lowest BCUT2D eigenvalue weighted by molar-refractivity contribution is 0.119. The maximum absolute atomic E-state index is 12.1. The van der Waals surface area contributed by atoms with E-state index >= 15 is 0 Å². The summed E-state index contributed by atoms with van der Waals surface area (Å²) in [5, 5.41) is 2.94. The van der Waals surface area contributed by atoms with Gasteiger partial charge in [0.05, 0.1) is 7.11 Å². The van der Waals surface area contributed by atoms with Gasteiger partial charge in [0.1, 0.15) is 0 Å². The van der Waals surface area contributed by atoms with Crippen molar-refractivity contribution in [2.75, 3.05) is 33.3 Å². The second-order valence-electron chi connectivity index (χ2n) is 5.48. The summed E-state index contributed by atoms with van der Waals surface area (Å²) in [7, 11) is 1.58. The standard InChI is InChI=1S/C15H24N4O2/c1-12(2)18-6-8-19(9-7-18)15(20)17-11-13-4-5-14(21-3)16-10-13/h4-5,10,12H,6-9,11H2,1-3H3,(H,17,20). The van der Waals surface area contributed by atoms with Crippen LogP contribution in [0.25, 0.3) is 0 Å². The Morgan fingerprint density at radius 3 is 2.57 bits per heavy atom. The van der Waals surface area contributed by atoms with Crippen molar-refractivity contribution >= 4 is 6.03 Å². The van der Waals surface area contributed by atoms with Crippen LogP contribution in [0.5, 0.6) is 5.88 Å². The van der Waals surface area contributed by atoms with Gasteiger partial charge in [0, 0.05) is 51.0 Å². The van der Waals surface area contributed by atoms with Crippen molar-refractivity contribution in [3.05, 3.63) is 23.9 Å². The van der Waals surface area contributed by atoms with Crippen LogP contribution in [0.3, 0.4) is 0 Å². The van der Waals surface area contributed by atoms with Gasteiger partial charge in [0.25, 0.3) is 0 Å². The minimum absolute atomic E-state index is 0.00535. The fraction of sp³-hybridized carbons (Fsp3) is 0.600. The maximum Gasteiger partial charge on any atom is 0.317 e. The molecule has 116 valence electrons. The predicted octanol–water partition coefficient (Wildman–Crippen LogP) is 1.33. The van der Waals surface area contributed by atoms with Crippen molar-refractivity contribution < 1.29 is 9.53 Å². The van der Waals surface area contributed by atoms with E-state index in [1.807, 2.05) is 11.0 Å². The van der Waals surface area contributed by atoms with Gasteiger partial charge in [0.15, 0.2) is 0 Å². The first-order chi connectivity index (χ1) is 10.1. The van der Waals surface area contributed by atoms with E-state index in [0.29, 0.717) is 18.5 Å². The quantitative estimate of drug-likeness (QED) is 0.909. The molecule has 1 saturated heterocycles. The summed E-state index contributed by atoms with van der Waals surface area (Å²) in [6, 6.07) is 4.24. The molecule has 1 fully saturated rings.